The molecule has 1 aliphatic rings. The number of aromatic nitrogens is 1. The zero-order chi connectivity index (χ0) is 8.23. The standard InChI is InChI=1S/C10H14N2/c1-3-9(7-11-5-1)10-4-2-6-12-8-10/h1,3,5,7,10,12H,2,4,6,8H2/t10-/m0/s1. The van der Waals surface area contributed by atoms with Crippen molar-refractivity contribution >= 4 is 0 Å². The number of pyridine rings is 1. The first-order chi connectivity index (χ1) is 5.97. The van der Waals surface area contributed by atoms with Gasteiger partial charge in [-0.05, 0) is 36.9 Å². The molecule has 1 aliphatic heterocycles. The quantitative estimate of drug-likeness (QED) is 0.677. The Morgan fingerprint density at radius 3 is 3.17 bits per heavy atom. The molecule has 0 aromatic carbocycles. The molecule has 1 atom stereocenters. The van der Waals surface area contributed by atoms with E-state index in [1.807, 2.05) is 18.5 Å². The van der Waals surface area contributed by atoms with Gasteiger partial charge in [0.2, 0.25) is 0 Å². The van der Waals surface area contributed by atoms with Crippen LogP contribution in [0, 0.1) is 0 Å². The molecule has 1 fully saturated rings. The normalized spacial score (nSPS) is 23.8. The van der Waals surface area contributed by atoms with E-state index in [9.17, 15) is 0 Å². The zero-order valence-corrected chi connectivity index (χ0v) is 7.16. The van der Waals surface area contributed by atoms with Gasteiger partial charge >= 0.3 is 0 Å². The first kappa shape index (κ1) is 7.74. The van der Waals surface area contributed by atoms with E-state index in [0.717, 1.165) is 6.54 Å². The summed E-state index contributed by atoms with van der Waals surface area (Å²) in [6.45, 7) is 2.29. The van der Waals surface area contributed by atoms with Crippen molar-refractivity contribution < 1.29 is 0 Å². The summed E-state index contributed by atoms with van der Waals surface area (Å²) in [6, 6.07) is 4.19. The van der Waals surface area contributed by atoms with Gasteiger partial charge in [0.25, 0.3) is 0 Å². The van der Waals surface area contributed by atoms with Gasteiger partial charge in [0.1, 0.15) is 0 Å². The molecule has 1 N–H and O–H groups in total. The summed E-state index contributed by atoms with van der Waals surface area (Å²) in [5, 5.41) is 3.41. The van der Waals surface area contributed by atoms with Crippen LogP contribution in [0.5, 0.6) is 0 Å². The van der Waals surface area contributed by atoms with E-state index < -0.39 is 0 Å². The van der Waals surface area contributed by atoms with E-state index in [2.05, 4.69) is 16.4 Å². The summed E-state index contributed by atoms with van der Waals surface area (Å²) in [5.41, 5.74) is 1.38. The van der Waals surface area contributed by atoms with Crippen LogP contribution in [0.3, 0.4) is 0 Å². The van der Waals surface area contributed by atoms with E-state index in [4.69, 9.17) is 0 Å². The van der Waals surface area contributed by atoms with Crippen LogP contribution in [0.15, 0.2) is 24.5 Å². The molecular weight excluding hydrogens is 148 g/mol. The van der Waals surface area contributed by atoms with E-state index in [-0.39, 0.29) is 0 Å². The summed E-state index contributed by atoms with van der Waals surface area (Å²) in [4.78, 5) is 4.13. The molecule has 0 unspecified atom stereocenters. The van der Waals surface area contributed by atoms with E-state index in [1.54, 1.807) is 0 Å². The van der Waals surface area contributed by atoms with Gasteiger partial charge in [-0.3, -0.25) is 4.98 Å². The molecule has 0 radical (unpaired) electrons. The summed E-state index contributed by atoms with van der Waals surface area (Å²) in [5.74, 6) is 0.687. The second-order valence-corrected chi connectivity index (χ2v) is 3.33. The highest BCUT2D eigenvalue weighted by atomic mass is 14.9. The molecule has 2 heteroatoms. The Morgan fingerprint density at radius 2 is 2.50 bits per heavy atom. The summed E-state index contributed by atoms with van der Waals surface area (Å²) in [7, 11) is 0. The SMILES string of the molecule is c1cncc([C@H]2CCCNC2)c1. The fourth-order valence-electron chi connectivity index (χ4n) is 1.75. The predicted molar refractivity (Wildman–Crippen MR) is 49.1 cm³/mol. The van der Waals surface area contributed by atoms with Crippen LogP contribution in [0.1, 0.15) is 24.3 Å². The number of nitrogens with zero attached hydrogens (tertiary/aromatic N) is 1. The predicted octanol–water partition coefficient (Wildman–Crippen LogP) is 1.55. The number of rotatable bonds is 1. The van der Waals surface area contributed by atoms with Gasteiger partial charge in [-0.1, -0.05) is 6.07 Å². The van der Waals surface area contributed by atoms with Crippen molar-refractivity contribution in [3.8, 4) is 0 Å². The van der Waals surface area contributed by atoms with Crippen LogP contribution in [0.25, 0.3) is 0 Å². The molecule has 0 saturated carbocycles. The van der Waals surface area contributed by atoms with Crippen molar-refractivity contribution in [2.24, 2.45) is 0 Å². The third-order valence-electron chi connectivity index (χ3n) is 2.45. The smallest absolute Gasteiger partial charge is 0.0303 e. The van der Waals surface area contributed by atoms with Crippen molar-refractivity contribution in [3.63, 3.8) is 0 Å². The van der Waals surface area contributed by atoms with Crippen LogP contribution < -0.4 is 5.32 Å². The van der Waals surface area contributed by atoms with Crippen molar-refractivity contribution in [2.45, 2.75) is 18.8 Å². The number of piperidine rings is 1. The minimum Gasteiger partial charge on any atom is -0.316 e. The molecule has 0 amide bonds. The van der Waals surface area contributed by atoms with E-state index in [1.165, 1.54) is 24.9 Å². The maximum atomic E-state index is 4.13. The Morgan fingerprint density at radius 1 is 1.50 bits per heavy atom. The van der Waals surface area contributed by atoms with Gasteiger partial charge in [-0.2, -0.15) is 0 Å². The van der Waals surface area contributed by atoms with Crippen LogP contribution >= 0.6 is 0 Å². The molecule has 1 aromatic heterocycles. The fraction of sp³-hybridized carbons (Fsp3) is 0.500. The molecule has 0 bridgehead atoms. The molecule has 1 saturated heterocycles. The Balaban J connectivity index is 2.08. The van der Waals surface area contributed by atoms with Crippen LogP contribution in [0.4, 0.5) is 0 Å². The minimum absolute atomic E-state index is 0.687. The van der Waals surface area contributed by atoms with Gasteiger partial charge in [0.05, 0.1) is 0 Å². The average molecular weight is 162 g/mol. The first-order valence-electron chi connectivity index (χ1n) is 4.57. The highest BCUT2D eigenvalue weighted by molar-refractivity contribution is 5.15. The summed E-state index contributed by atoms with van der Waals surface area (Å²) < 4.78 is 0. The Bertz CT molecular complexity index is 227. The number of hydrogen-bond donors (Lipinski definition) is 1. The van der Waals surface area contributed by atoms with Crippen molar-refractivity contribution in [1.82, 2.24) is 10.3 Å². The van der Waals surface area contributed by atoms with Crippen molar-refractivity contribution in [1.29, 1.82) is 0 Å². The molecular formula is C10H14N2. The molecule has 2 rings (SSSR count). The fourth-order valence-corrected chi connectivity index (χ4v) is 1.75. The van der Waals surface area contributed by atoms with Crippen molar-refractivity contribution in [2.75, 3.05) is 13.1 Å². The lowest BCUT2D eigenvalue weighted by atomic mass is 9.93. The Hall–Kier alpha value is -0.890. The summed E-state index contributed by atoms with van der Waals surface area (Å²) in [6.07, 6.45) is 6.41. The molecule has 64 valence electrons. The lowest BCUT2D eigenvalue weighted by Gasteiger charge is -2.22. The van der Waals surface area contributed by atoms with Crippen LogP contribution in [-0.4, -0.2) is 18.1 Å². The van der Waals surface area contributed by atoms with Gasteiger partial charge in [0.15, 0.2) is 0 Å². The lowest BCUT2D eigenvalue weighted by Crippen LogP contribution is -2.28. The molecule has 2 heterocycles. The monoisotopic (exact) mass is 162 g/mol. The van der Waals surface area contributed by atoms with Crippen molar-refractivity contribution in [3.05, 3.63) is 30.1 Å². The maximum Gasteiger partial charge on any atom is 0.0303 e. The van der Waals surface area contributed by atoms with E-state index in [0.29, 0.717) is 5.92 Å². The first-order valence-corrected chi connectivity index (χ1v) is 4.57. The molecule has 0 spiro atoms. The second-order valence-electron chi connectivity index (χ2n) is 3.33. The Labute approximate surface area is 73.0 Å². The highest BCUT2D eigenvalue weighted by Gasteiger charge is 2.14. The topological polar surface area (TPSA) is 24.9 Å². The number of hydrogen-bond acceptors (Lipinski definition) is 2. The van der Waals surface area contributed by atoms with E-state index >= 15 is 0 Å². The van der Waals surface area contributed by atoms with Gasteiger partial charge < -0.3 is 5.32 Å². The van der Waals surface area contributed by atoms with Gasteiger partial charge in [-0.25, -0.2) is 0 Å². The third-order valence-corrected chi connectivity index (χ3v) is 2.45. The zero-order valence-electron chi connectivity index (χ0n) is 7.16. The average Bonchev–Trinajstić information content (AvgIpc) is 2.21. The molecule has 12 heavy (non-hydrogen) atoms. The molecule has 0 aliphatic carbocycles. The second kappa shape index (κ2) is 3.68. The molecule has 2 nitrogen and oxygen atoms in total. The third kappa shape index (κ3) is 1.64. The maximum absolute atomic E-state index is 4.13. The minimum atomic E-state index is 0.687. The largest absolute Gasteiger partial charge is 0.316 e. The summed E-state index contributed by atoms with van der Waals surface area (Å²) >= 11 is 0. The Kier molecular flexibility index (Phi) is 2.37. The number of nitrogens with one attached hydrogen (secondary N) is 1. The molecule has 1 aromatic rings. The van der Waals surface area contributed by atoms with Crippen LogP contribution in [0.2, 0.25) is 0 Å². The van der Waals surface area contributed by atoms with Gasteiger partial charge in [-0.15, -0.1) is 0 Å². The lowest BCUT2D eigenvalue weighted by molar-refractivity contribution is 0.461. The van der Waals surface area contributed by atoms with Crippen LogP contribution in [-0.2, 0) is 0 Å². The van der Waals surface area contributed by atoms with Gasteiger partial charge in [0, 0.05) is 18.9 Å². The highest BCUT2D eigenvalue weighted by Crippen LogP contribution is 2.21.